The van der Waals surface area contributed by atoms with E-state index >= 15 is 0 Å². The number of benzene rings is 2. The third kappa shape index (κ3) is 3.32. The highest BCUT2D eigenvalue weighted by molar-refractivity contribution is 9.10. The van der Waals surface area contributed by atoms with Gasteiger partial charge in [-0.3, -0.25) is 0 Å². The van der Waals surface area contributed by atoms with Gasteiger partial charge in [0, 0.05) is 11.5 Å². The number of para-hydroxylation sites is 1. The van der Waals surface area contributed by atoms with E-state index in [0.29, 0.717) is 10.2 Å². The van der Waals surface area contributed by atoms with Crippen molar-refractivity contribution in [1.82, 2.24) is 9.29 Å². The first-order chi connectivity index (χ1) is 11.4. The quantitative estimate of drug-likeness (QED) is 0.620. The summed E-state index contributed by atoms with van der Waals surface area (Å²) in [5.74, 6) is 0.314. The van der Waals surface area contributed by atoms with E-state index in [4.69, 9.17) is 4.74 Å². The van der Waals surface area contributed by atoms with Gasteiger partial charge in [0.25, 0.3) is 0 Å². The van der Waals surface area contributed by atoms with E-state index in [1.54, 1.807) is 25.2 Å². The van der Waals surface area contributed by atoms with Crippen LogP contribution >= 0.6 is 27.3 Å². The average molecular weight is 427 g/mol. The molecular formula is C16H15BrN2O3S2. The molecular weight excluding hydrogens is 412 g/mol. The average Bonchev–Trinajstić information content (AvgIpc) is 2.97. The van der Waals surface area contributed by atoms with Crippen LogP contribution in [0, 0.1) is 0 Å². The van der Waals surface area contributed by atoms with Crippen molar-refractivity contribution in [2.24, 2.45) is 0 Å². The van der Waals surface area contributed by atoms with E-state index < -0.39 is 10.0 Å². The van der Waals surface area contributed by atoms with Crippen LogP contribution in [0.2, 0.25) is 0 Å². The van der Waals surface area contributed by atoms with Gasteiger partial charge in [0.1, 0.15) is 15.7 Å². The fourth-order valence-corrected chi connectivity index (χ4v) is 5.21. The molecule has 0 bridgehead atoms. The van der Waals surface area contributed by atoms with Gasteiger partial charge in [0.15, 0.2) is 0 Å². The minimum atomic E-state index is -3.69. The maximum atomic E-state index is 12.9. The van der Waals surface area contributed by atoms with Crippen molar-refractivity contribution in [3.8, 4) is 5.75 Å². The molecule has 24 heavy (non-hydrogen) atoms. The first kappa shape index (κ1) is 17.3. The molecule has 0 aliphatic carbocycles. The number of ether oxygens (including phenoxy) is 1. The van der Waals surface area contributed by atoms with Gasteiger partial charge in [0.05, 0.1) is 23.9 Å². The highest BCUT2D eigenvalue weighted by atomic mass is 79.9. The van der Waals surface area contributed by atoms with E-state index in [1.165, 1.54) is 22.8 Å². The molecule has 0 aliphatic rings. The number of hydrogen-bond donors (Lipinski definition) is 0. The van der Waals surface area contributed by atoms with Crippen molar-refractivity contribution in [2.45, 2.75) is 11.4 Å². The monoisotopic (exact) mass is 426 g/mol. The van der Waals surface area contributed by atoms with Crippen LogP contribution in [0.3, 0.4) is 0 Å². The summed E-state index contributed by atoms with van der Waals surface area (Å²) in [7, 11) is -0.697. The summed E-state index contributed by atoms with van der Waals surface area (Å²) in [6.45, 7) is 0.206. The van der Waals surface area contributed by atoms with Crippen molar-refractivity contribution in [2.75, 3.05) is 14.2 Å². The predicted molar refractivity (Wildman–Crippen MR) is 99.0 cm³/mol. The fourth-order valence-electron chi connectivity index (χ4n) is 2.28. The largest absolute Gasteiger partial charge is 0.495 e. The van der Waals surface area contributed by atoms with Gasteiger partial charge in [0.2, 0.25) is 10.0 Å². The van der Waals surface area contributed by atoms with E-state index in [9.17, 15) is 8.42 Å². The standard InChI is InChI=1S/C16H15BrN2O3S2/c1-19(10-16-18-12-5-3-4-6-14(12)23-16)24(20,21)15-9-11(17)7-8-13(15)22-2/h3-9H,10H2,1-2H3. The molecule has 0 aliphatic heterocycles. The van der Waals surface area contributed by atoms with Crippen molar-refractivity contribution >= 4 is 47.5 Å². The van der Waals surface area contributed by atoms with Gasteiger partial charge in [-0.05, 0) is 30.3 Å². The zero-order chi connectivity index (χ0) is 17.3. The molecule has 0 radical (unpaired) electrons. The topological polar surface area (TPSA) is 59.5 Å². The number of fused-ring (bicyclic) bond motifs is 1. The third-order valence-corrected chi connectivity index (χ3v) is 6.85. The molecule has 0 atom stereocenters. The van der Waals surface area contributed by atoms with Crippen LogP contribution in [0.5, 0.6) is 5.75 Å². The van der Waals surface area contributed by atoms with Gasteiger partial charge in [-0.1, -0.05) is 28.1 Å². The molecule has 0 N–H and O–H groups in total. The van der Waals surface area contributed by atoms with Gasteiger partial charge in [-0.2, -0.15) is 4.31 Å². The lowest BCUT2D eigenvalue weighted by atomic mass is 10.3. The summed E-state index contributed by atoms with van der Waals surface area (Å²) >= 11 is 4.80. The van der Waals surface area contributed by atoms with E-state index in [1.807, 2.05) is 24.3 Å². The van der Waals surface area contributed by atoms with Crippen molar-refractivity contribution < 1.29 is 13.2 Å². The maximum absolute atomic E-state index is 12.9. The second-order valence-electron chi connectivity index (χ2n) is 5.13. The number of hydrogen-bond acceptors (Lipinski definition) is 5. The Labute approximate surface area is 153 Å². The van der Waals surface area contributed by atoms with E-state index in [0.717, 1.165) is 15.2 Å². The molecule has 3 rings (SSSR count). The summed E-state index contributed by atoms with van der Waals surface area (Å²) in [5, 5.41) is 0.747. The summed E-state index contributed by atoms with van der Waals surface area (Å²) in [5.41, 5.74) is 0.878. The summed E-state index contributed by atoms with van der Waals surface area (Å²) < 4.78 is 34.0. The Kier molecular flexibility index (Phi) is 4.91. The molecule has 0 unspecified atom stereocenters. The zero-order valence-corrected chi connectivity index (χ0v) is 16.3. The maximum Gasteiger partial charge on any atom is 0.246 e. The number of thiazole rings is 1. The minimum Gasteiger partial charge on any atom is -0.495 e. The van der Waals surface area contributed by atoms with Crippen LogP contribution < -0.4 is 4.74 Å². The van der Waals surface area contributed by atoms with Crippen molar-refractivity contribution in [3.05, 3.63) is 51.9 Å². The Bertz CT molecular complexity index is 953. The van der Waals surface area contributed by atoms with Crippen molar-refractivity contribution in [3.63, 3.8) is 0 Å². The molecule has 0 saturated heterocycles. The second kappa shape index (κ2) is 6.79. The first-order valence-electron chi connectivity index (χ1n) is 7.06. The molecule has 1 aromatic heterocycles. The van der Waals surface area contributed by atoms with Gasteiger partial charge in [-0.25, -0.2) is 13.4 Å². The van der Waals surface area contributed by atoms with Gasteiger partial charge in [-0.15, -0.1) is 11.3 Å². The number of rotatable bonds is 5. The number of halogens is 1. The van der Waals surface area contributed by atoms with Crippen LogP contribution in [0.4, 0.5) is 0 Å². The summed E-state index contributed by atoms with van der Waals surface area (Å²) in [6, 6.07) is 12.7. The normalized spacial score (nSPS) is 12.0. The molecule has 0 saturated carbocycles. The van der Waals surface area contributed by atoms with E-state index in [2.05, 4.69) is 20.9 Å². The Morgan fingerprint density at radius 1 is 1.25 bits per heavy atom. The molecule has 1 heterocycles. The van der Waals surface area contributed by atoms with Crippen LogP contribution in [-0.2, 0) is 16.6 Å². The Balaban J connectivity index is 1.93. The Morgan fingerprint density at radius 2 is 2.00 bits per heavy atom. The van der Waals surface area contributed by atoms with Crippen LogP contribution in [-0.4, -0.2) is 31.9 Å². The smallest absolute Gasteiger partial charge is 0.246 e. The zero-order valence-electron chi connectivity index (χ0n) is 13.1. The molecule has 2 aromatic carbocycles. The fraction of sp³-hybridized carbons (Fsp3) is 0.188. The lowest BCUT2D eigenvalue weighted by Crippen LogP contribution is -2.26. The number of methoxy groups -OCH3 is 1. The molecule has 0 fully saturated rings. The molecule has 126 valence electrons. The summed E-state index contributed by atoms with van der Waals surface area (Å²) in [4.78, 5) is 4.62. The predicted octanol–water partition coefficient (Wildman–Crippen LogP) is 3.89. The van der Waals surface area contributed by atoms with E-state index in [-0.39, 0.29) is 11.4 Å². The van der Waals surface area contributed by atoms with Gasteiger partial charge >= 0.3 is 0 Å². The minimum absolute atomic E-state index is 0.128. The second-order valence-corrected chi connectivity index (χ2v) is 9.18. The number of nitrogens with zero attached hydrogens (tertiary/aromatic N) is 2. The molecule has 0 spiro atoms. The van der Waals surface area contributed by atoms with Crippen molar-refractivity contribution in [1.29, 1.82) is 0 Å². The van der Waals surface area contributed by atoms with Crippen LogP contribution in [0.1, 0.15) is 5.01 Å². The molecule has 8 heteroatoms. The Hall–Kier alpha value is -1.48. The SMILES string of the molecule is COc1ccc(Br)cc1S(=O)(=O)N(C)Cc1nc2ccccc2s1. The highest BCUT2D eigenvalue weighted by Gasteiger charge is 2.26. The molecule has 0 amide bonds. The third-order valence-electron chi connectivity index (χ3n) is 3.51. The highest BCUT2D eigenvalue weighted by Crippen LogP contribution is 2.30. The Morgan fingerprint density at radius 3 is 2.71 bits per heavy atom. The van der Waals surface area contributed by atoms with Crippen LogP contribution in [0.15, 0.2) is 51.8 Å². The lowest BCUT2D eigenvalue weighted by molar-refractivity contribution is 0.397. The number of aromatic nitrogens is 1. The van der Waals surface area contributed by atoms with Crippen LogP contribution in [0.25, 0.3) is 10.2 Å². The molecule has 5 nitrogen and oxygen atoms in total. The summed E-state index contributed by atoms with van der Waals surface area (Å²) in [6.07, 6.45) is 0. The molecule has 3 aromatic rings. The van der Waals surface area contributed by atoms with Gasteiger partial charge < -0.3 is 4.74 Å². The lowest BCUT2D eigenvalue weighted by Gasteiger charge is -2.18. The first-order valence-corrected chi connectivity index (χ1v) is 10.1. The number of sulfonamides is 1.